The molecule has 0 aliphatic heterocycles. The van der Waals surface area contributed by atoms with Gasteiger partial charge in [-0.05, 0) is 73.8 Å². The van der Waals surface area contributed by atoms with Gasteiger partial charge in [0.15, 0.2) is 11.6 Å². The van der Waals surface area contributed by atoms with Crippen molar-refractivity contribution in [3.8, 4) is 5.75 Å². The number of hydrogen-bond acceptors (Lipinski definition) is 2. The molecule has 3 aliphatic carbocycles. The molecule has 4 rings (SSSR count). The third-order valence-electron chi connectivity index (χ3n) is 7.86. The molecule has 2 nitrogen and oxygen atoms in total. The van der Waals surface area contributed by atoms with Crippen LogP contribution in [0.25, 0.3) is 0 Å². The van der Waals surface area contributed by atoms with E-state index in [-0.39, 0.29) is 5.92 Å². The van der Waals surface area contributed by atoms with Crippen LogP contribution in [0.2, 0.25) is 0 Å². The van der Waals surface area contributed by atoms with Gasteiger partial charge in [0.25, 0.3) is 5.92 Å². The van der Waals surface area contributed by atoms with Crippen LogP contribution in [0, 0.1) is 35.3 Å². The van der Waals surface area contributed by atoms with Gasteiger partial charge in [-0.15, -0.1) is 0 Å². The van der Waals surface area contributed by atoms with Crippen LogP contribution < -0.4 is 4.74 Å². The molecule has 1 aromatic carbocycles. The molecule has 3 saturated carbocycles. The topological polar surface area (TPSA) is 26.3 Å². The van der Waals surface area contributed by atoms with Crippen molar-refractivity contribution in [3.63, 3.8) is 0 Å². The van der Waals surface area contributed by atoms with Crippen LogP contribution >= 0.6 is 0 Å². The Balaban J connectivity index is 1.32. The van der Waals surface area contributed by atoms with Crippen LogP contribution in [0.4, 0.5) is 17.6 Å². The first-order valence-electron chi connectivity index (χ1n) is 11.9. The molecule has 3 aliphatic rings. The minimum atomic E-state index is -3.10. The normalized spacial score (nSPS) is 32.5. The van der Waals surface area contributed by atoms with Gasteiger partial charge in [0.1, 0.15) is 5.92 Å². The molecule has 0 radical (unpaired) electrons. The zero-order chi connectivity index (χ0) is 22.2. The highest BCUT2D eigenvalue weighted by Gasteiger charge is 2.62. The lowest BCUT2D eigenvalue weighted by atomic mass is 9.68. The van der Waals surface area contributed by atoms with E-state index in [0.29, 0.717) is 11.5 Å². The Kier molecular flexibility index (Phi) is 6.64. The summed E-state index contributed by atoms with van der Waals surface area (Å²) < 4.78 is 59.9. The third-order valence-corrected chi connectivity index (χ3v) is 7.86. The molecular formula is C25H32F4O2. The van der Waals surface area contributed by atoms with E-state index in [1.54, 1.807) is 0 Å². The van der Waals surface area contributed by atoms with Gasteiger partial charge in [0.05, 0.1) is 0 Å². The van der Waals surface area contributed by atoms with E-state index >= 15 is 0 Å². The average molecular weight is 441 g/mol. The molecule has 6 heteroatoms. The maximum atomic E-state index is 14.7. The lowest BCUT2D eigenvalue weighted by molar-refractivity contribution is -0.138. The Bertz CT molecular complexity index is 793. The van der Waals surface area contributed by atoms with E-state index in [2.05, 4.69) is 6.92 Å². The molecule has 31 heavy (non-hydrogen) atoms. The van der Waals surface area contributed by atoms with Crippen LogP contribution in [0.5, 0.6) is 5.75 Å². The van der Waals surface area contributed by atoms with E-state index in [4.69, 9.17) is 4.74 Å². The van der Waals surface area contributed by atoms with Gasteiger partial charge in [-0.25, -0.2) is 13.2 Å². The third kappa shape index (κ3) is 4.93. The van der Waals surface area contributed by atoms with Gasteiger partial charge in [-0.1, -0.05) is 38.7 Å². The van der Waals surface area contributed by atoms with Crippen LogP contribution in [-0.2, 0) is 4.79 Å². The number of carbonyl (C=O) groups is 1. The van der Waals surface area contributed by atoms with Crippen LogP contribution in [0.1, 0.15) is 89.0 Å². The summed E-state index contributed by atoms with van der Waals surface area (Å²) in [6.07, 6.45) is 10.9. The van der Waals surface area contributed by atoms with Crippen LogP contribution in [0.15, 0.2) is 12.1 Å². The van der Waals surface area contributed by atoms with Crippen LogP contribution in [-0.4, -0.2) is 11.9 Å². The van der Waals surface area contributed by atoms with Crippen molar-refractivity contribution >= 4 is 5.97 Å². The zero-order valence-corrected chi connectivity index (χ0v) is 18.1. The van der Waals surface area contributed by atoms with Gasteiger partial charge < -0.3 is 4.74 Å². The fraction of sp³-hybridized carbons (Fsp3) is 0.720. The number of benzene rings is 1. The van der Waals surface area contributed by atoms with Crippen molar-refractivity contribution in [2.24, 2.45) is 23.7 Å². The number of hydrogen-bond donors (Lipinski definition) is 0. The molecular weight excluding hydrogens is 408 g/mol. The Morgan fingerprint density at radius 1 is 0.968 bits per heavy atom. The Morgan fingerprint density at radius 3 is 2.10 bits per heavy atom. The molecule has 0 N–H and O–H groups in total. The number of ether oxygens (including phenoxy) is 1. The van der Waals surface area contributed by atoms with E-state index in [1.165, 1.54) is 50.7 Å². The Morgan fingerprint density at radius 2 is 1.55 bits per heavy atom. The number of alkyl halides is 2. The second-order valence-corrected chi connectivity index (χ2v) is 9.90. The molecule has 0 spiro atoms. The molecule has 1 aromatic rings. The molecule has 0 saturated heterocycles. The van der Waals surface area contributed by atoms with Crippen molar-refractivity contribution in [1.82, 2.24) is 0 Å². The van der Waals surface area contributed by atoms with Crippen molar-refractivity contribution in [2.75, 3.05) is 0 Å². The molecule has 172 valence electrons. The number of esters is 1. The molecule has 1 unspecified atom stereocenters. The van der Waals surface area contributed by atoms with E-state index in [0.717, 1.165) is 37.5 Å². The minimum Gasteiger partial charge on any atom is -0.423 e. The van der Waals surface area contributed by atoms with Crippen molar-refractivity contribution in [2.45, 2.75) is 89.4 Å². The molecule has 0 heterocycles. The second-order valence-electron chi connectivity index (χ2n) is 9.90. The molecule has 0 amide bonds. The highest BCUT2D eigenvalue weighted by atomic mass is 19.3. The van der Waals surface area contributed by atoms with Crippen molar-refractivity contribution < 1.29 is 27.1 Å². The average Bonchev–Trinajstić information content (AvgIpc) is 3.41. The predicted octanol–water partition coefficient (Wildman–Crippen LogP) is 7.41. The molecule has 1 atom stereocenters. The summed E-state index contributed by atoms with van der Waals surface area (Å²) in [5.41, 5.74) is 0.305. The summed E-state index contributed by atoms with van der Waals surface area (Å²) in [6, 6.07) is 2.65. The van der Waals surface area contributed by atoms with Crippen molar-refractivity contribution in [1.29, 1.82) is 0 Å². The maximum Gasteiger partial charge on any atom is 0.320 e. The summed E-state index contributed by atoms with van der Waals surface area (Å²) in [7, 11) is 0. The van der Waals surface area contributed by atoms with Gasteiger partial charge in [0.2, 0.25) is 5.82 Å². The second kappa shape index (κ2) is 9.11. The fourth-order valence-electron chi connectivity index (χ4n) is 5.85. The standard InChI is InChI=1S/C25H32F4O2/c1-2-3-15-4-6-16(7-5-15)17-8-10-18(11-9-17)19-12-13-21(23(27)22(19)26)31-24(30)20-14-25(20,28)29/h12-13,15-18,20H,2-11,14H2,1H3. The Hall–Kier alpha value is -1.59. The van der Waals surface area contributed by atoms with E-state index in [9.17, 15) is 22.4 Å². The summed E-state index contributed by atoms with van der Waals surface area (Å²) in [4.78, 5) is 11.7. The molecule has 0 bridgehead atoms. The minimum absolute atomic E-state index is 0.0558. The molecule has 3 fully saturated rings. The Labute approximate surface area is 181 Å². The zero-order valence-electron chi connectivity index (χ0n) is 18.1. The fourth-order valence-corrected chi connectivity index (χ4v) is 5.85. The van der Waals surface area contributed by atoms with Gasteiger partial charge in [-0.2, -0.15) is 4.39 Å². The first-order chi connectivity index (χ1) is 14.8. The summed E-state index contributed by atoms with van der Waals surface area (Å²) in [5.74, 6) is -6.47. The quantitative estimate of drug-likeness (QED) is 0.262. The van der Waals surface area contributed by atoms with Gasteiger partial charge >= 0.3 is 5.97 Å². The van der Waals surface area contributed by atoms with Crippen LogP contribution in [0.3, 0.4) is 0 Å². The SMILES string of the molecule is CCCC1CCC(C2CCC(c3ccc(OC(=O)C4CC4(F)F)c(F)c3F)CC2)CC1. The smallest absolute Gasteiger partial charge is 0.320 e. The maximum absolute atomic E-state index is 14.7. The van der Waals surface area contributed by atoms with E-state index < -0.39 is 41.6 Å². The summed E-state index contributed by atoms with van der Waals surface area (Å²) >= 11 is 0. The van der Waals surface area contributed by atoms with E-state index in [1.807, 2.05) is 0 Å². The lowest BCUT2D eigenvalue weighted by Gasteiger charge is -2.38. The first kappa shape index (κ1) is 22.6. The monoisotopic (exact) mass is 440 g/mol. The van der Waals surface area contributed by atoms with Crippen molar-refractivity contribution in [3.05, 3.63) is 29.3 Å². The predicted molar refractivity (Wildman–Crippen MR) is 110 cm³/mol. The number of halogens is 4. The van der Waals surface area contributed by atoms with Gasteiger partial charge in [0, 0.05) is 6.42 Å². The first-order valence-corrected chi connectivity index (χ1v) is 11.9. The largest absolute Gasteiger partial charge is 0.423 e. The molecule has 0 aromatic heterocycles. The highest BCUT2D eigenvalue weighted by molar-refractivity contribution is 5.79. The van der Waals surface area contributed by atoms with Gasteiger partial charge in [-0.3, -0.25) is 4.79 Å². The summed E-state index contributed by atoms with van der Waals surface area (Å²) in [6.45, 7) is 2.25. The summed E-state index contributed by atoms with van der Waals surface area (Å²) in [5, 5.41) is 0. The highest BCUT2D eigenvalue weighted by Crippen LogP contribution is 2.49. The lowest BCUT2D eigenvalue weighted by Crippen LogP contribution is -2.25. The number of rotatable bonds is 6. The number of carbonyl (C=O) groups excluding carboxylic acids is 1.